The number of nitrogens with zero attached hydrogens (tertiary/aromatic N) is 4. The van der Waals surface area contributed by atoms with Gasteiger partial charge in [0.2, 0.25) is 0 Å². The molecule has 0 aliphatic carbocycles. The molecule has 1 aliphatic heterocycles. The number of hydrogen-bond donors (Lipinski definition) is 5. The van der Waals surface area contributed by atoms with Crippen molar-refractivity contribution in [3.63, 3.8) is 0 Å². The third-order valence-corrected chi connectivity index (χ3v) is 4.88. The molecule has 3 rings (SSSR count). The van der Waals surface area contributed by atoms with Gasteiger partial charge >= 0.3 is 7.82 Å². The molecule has 0 bridgehead atoms. The lowest BCUT2D eigenvalue weighted by atomic mass is 10.1. The summed E-state index contributed by atoms with van der Waals surface area (Å²) in [6.07, 6.45) is -1.92. The van der Waals surface area contributed by atoms with Crippen LogP contribution in [0.25, 0.3) is 11.2 Å². The molecule has 7 N–H and O–H groups in total. The molecule has 1 fully saturated rings. The number of phosphoric acid groups is 1. The molecular weight excluding hydrogens is 439 g/mol. The molecule has 0 aromatic carbocycles. The van der Waals surface area contributed by atoms with Crippen LogP contribution in [-0.4, -0.2) is 92.5 Å². The monoisotopic (exact) mass is 464 g/mol. The molecule has 1 saturated heterocycles. The fraction of sp³-hybridized carbons (Fsp3) is 0.667. The van der Waals surface area contributed by atoms with Crippen molar-refractivity contribution in [2.45, 2.75) is 24.5 Å². The Morgan fingerprint density at radius 2 is 1.94 bits per heavy atom. The highest BCUT2D eigenvalue weighted by Gasteiger charge is 2.50. The number of imidazole rings is 1. The first-order valence-corrected chi connectivity index (χ1v) is 10.8. The average molecular weight is 464 g/mol. The minimum atomic E-state index is -4.93. The predicted molar refractivity (Wildman–Crippen MR) is 103 cm³/mol. The fourth-order valence-corrected chi connectivity index (χ4v) is 3.66. The summed E-state index contributed by atoms with van der Waals surface area (Å²) >= 11 is 0. The van der Waals surface area contributed by atoms with Gasteiger partial charge in [0.1, 0.15) is 36.9 Å². The molecule has 3 heterocycles. The molecule has 15 nitrogen and oxygen atoms in total. The summed E-state index contributed by atoms with van der Waals surface area (Å²) in [5, 5.41) is 9.67. The Kier molecular flexibility index (Phi) is 8.23. The number of aliphatic hydroxyl groups excluding tert-OH is 1. The van der Waals surface area contributed by atoms with Gasteiger partial charge in [0.05, 0.1) is 32.8 Å². The van der Waals surface area contributed by atoms with Crippen LogP contribution in [0.5, 0.6) is 0 Å². The molecule has 1 aliphatic rings. The summed E-state index contributed by atoms with van der Waals surface area (Å²) in [7, 11) is -4.93. The van der Waals surface area contributed by atoms with Crippen molar-refractivity contribution in [3.05, 3.63) is 12.7 Å². The zero-order chi connectivity index (χ0) is 22.4. The van der Waals surface area contributed by atoms with Crippen LogP contribution < -0.4 is 11.5 Å². The summed E-state index contributed by atoms with van der Waals surface area (Å²) in [6, 6.07) is 0. The van der Waals surface area contributed by atoms with E-state index in [-0.39, 0.29) is 25.8 Å². The van der Waals surface area contributed by atoms with Gasteiger partial charge in [0.15, 0.2) is 17.7 Å². The van der Waals surface area contributed by atoms with Crippen LogP contribution in [0.3, 0.4) is 0 Å². The lowest BCUT2D eigenvalue weighted by Gasteiger charge is -2.24. The number of anilines is 1. The first-order chi connectivity index (χ1) is 14.9. The van der Waals surface area contributed by atoms with Crippen molar-refractivity contribution in [3.8, 4) is 0 Å². The van der Waals surface area contributed by atoms with E-state index in [1.807, 2.05) is 0 Å². The normalized spacial score (nSPS) is 24.3. The first kappa shape index (κ1) is 23.9. The third kappa shape index (κ3) is 5.93. The maximum Gasteiger partial charge on any atom is 0.470 e. The van der Waals surface area contributed by atoms with Crippen molar-refractivity contribution in [2.24, 2.45) is 5.73 Å². The van der Waals surface area contributed by atoms with Crippen LogP contribution in [0, 0.1) is 0 Å². The Bertz CT molecular complexity index is 895. The second kappa shape index (κ2) is 10.7. The maximum atomic E-state index is 11.5. The van der Waals surface area contributed by atoms with Gasteiger partial charge < -0.3 is 45.3 Å². The molecule has 2 aromatic heterocycles. The van der Waals surface area contributed by atoms with Gasteiger partial charge in [-0.05, 0) is 0 Å². The topological polar surface area (TPSA) is 220 Å². The zero-order valence-electron chi connectivity index (χ0n) is 16.4. The van der Waals surface area contributed by atoms with Gasteiger partial charge in [0, 0.05) is 6.54 Å². The number of nitrogens with two attached hydrogens (primary N) is 2. The van der Waals surface area contributed by atoms with Crippen LogP contribution in [0.1, 0.15) is 6.23 Å². The number of aromatic nitrogens is 4. The Balaban J connectivity index is 1.79. The van der Waals surface area contributed by atoms with E-state index in [2.05, 4.69) is 15.0 Å². The minimum Gasteiger partial charge on any atom is -0.394 e. The van der Waals surface area contributed by atoms with Gasteiger partial charge in [-0.1, -0.05) is 0 Å². The SMILES string of the molecule is NCCOCCOCOC1[C@@H](OP(=O)(O)O)[C@@H](CO)O[C@H]1n1cnc2c(N)ncnc21. The van der Waals surface area contributed by atoms with Crippen LogP contribution >= 0.6 is 7.82 Å². The molecule has 0 spiro atoms. The quantitative estimate of drug-likeness (QED) is 0.132. The van der Waals surface area contributed by atoms with Crippen LogP contribution in [-0.2, 0) is 28.0 Å². The summed E-state index contributed by atoms with van der Waals surface area (Å²) in [5.74, 6) is 0.141. The van der Waals surface area contributed by atoms with E-state index < -0.39 is 39.0 Å². The Morgan fingerprint density at radius 3 is 2.65 bits per heavy atom. The molecule has 1 unspecified atom stereocenters. The van der Waals surface area contributed by atoms with Crippen molar-refractivity contribution in [1.82, 2.24) is 19.5 Å². The molecule has 4 atom stereocenters. The van der Waals surface area contributed by atoms with Gasteiger partial charge in [0.25, 0.3) is 0 Å². The van der Waals surface area contributed by atoms with E-state index in [0.717, 1.165) is 0 Å². The number of ether oxygens (including phenoxy) is 4. The number of nitrogen functional groups attached to an aromatic ring is 1. The number of phosphoric ester groups is 1. The summed E-state index contributed by atoms with van der Waals surface area (Å²) in [5.41, 5.74) is 11.7. The molecule has 0 radical (unpaired) electrons. The summed E-state index contributed by atoms with van der Waals surface area (Å²) < 4.78 is 39.8. The second-order valence-electron chi connectivity index (χ2n) is 6.45. The molecule has 0 amide bonds. The lowest BCUT2D eigenvalue weighted by molar-refractivity contribution is -0.142. The van der Waals surface area contributed by atoms with Crippen LogP contribution in [0.4, 0.5) is 5.82 Å². The van der Waals surface area contributed by atoms with E-state index in [1.54, 1.807) is 0 Å². The third-order valence-electron chi connectivity index (χ3n) is 4.36. The maximum absolute atomic E-state index is 11.5. The highest BCUT2D eigenvalue weighted by atomic mass is 31.2. The fourth-order valence-electron chi connectivity index (χ4n) is 3.09. The van der Waals surface area contributed by atoms with E-state index in [1.165, 1.54) is 17.2 Å². The molecule has 16 heteroatoms. The largest absolute Gasteiger partial charge is 0.470 e. The van der Waals surface area contributed by atoms with Gasteiger partial charge in [-0.15, -0.1) is 0 Å². The van der Waals surface area contributed by atoms with Crippen molar-refractivity contribution < 1.29 is 42.9 Å². The smallest absolute Gasteiger partial charge is 0.394 e. The van der Waals surface area contributed by atoms with Gasteiger partial charge in [-0.3, -0.25) is 9.09 Å². The molecule has 0 saturated carbocycles. The molecule has 31 heavy (non-hydrogen) atoms. The predicted octanol–water partition coefficient (Wildman–Crippen LogP) is -1.89. The van der Waals surface area contributed by atoms with Crippen molar-refractivity contribution in [2.75, 3.05) is 45.5 Å². The minimum absolute atomic E-state index is 0.141. The standard InChI is InChI=1S/C15H25N6O9P/c16-1-2-26-3-4-27-8-28-12-11(30-31(23,24)25)9(5-22)29-15(12)21-7-20-10-13(17)18-6-19-14(10)21/h6-7,9,11-12,15,22H,1-5,8,16H2,(H2,17,18,19)(H2,23,24,25)/t9-,11+,12?,15-/m1/s1. The number of rotatable bonds is 12. The van der Waals surface area contributed by atoms with Crippen molar-refractivity contribution >= 4 is 24.8 Å². The highest BCUT2D eigenvalue weighted by Crippen LogP contribution is 2.45. The van der Waals surface area contributed by atoms with E-state index in [9.17, 15) is 19.5 Å². The number of aliphatic hydroxyl groups is 1. The van der Waals surface area contributed by atoms with Gasteiger partial charge in [-0.25, -0.2) is 19.5 Å². The van der Waals surface area contributed by atoms with E-state index in [4.69, 9.17) is 34.9 Å². The first-order valence-electron chi connectivity index (χ1n) is 9.26. The average Bonchev–Trinajstić information content (AvgIpc) is 3.28. The molecule has 2 aromatic rings. The second-order valence-corrected chi connectivity index (χ2v) is 7.64. The van der Waals surface area contributed by atoms with Crippen LogP contribution in [0.15, 0.2) is 12.7 Å². The summed E-state index contributed by atoms with van der Waals surface area (Å²) in [6.45, 7) is 0.406. The lowest BCUT2D eigenvalue weighted by Crippen LogP contribution is -2.38. The Hall–Kier alpha value is -1.78. The van der Waals surface area contributed by atoms with Gasteiger partial charge in [-0.2, -0.15) is 0 Å². The van der Waals surface area contributed by atoms with E-state index in [0.29, 0.717) is 24.3 Å². The Labute approximate surface area is 176 Å². The number of hydrogen-bond acceptors (Lipinski definition) is 12. The van der Waals surface area contributed by atoms with Crippen LogP contribution in [0.2, 0.25) is 0 Å². The number of fused-ring (bicyclic) bond motifs is 1. The molecular formula is C15H25N6O9P. The van der Waals surface area contributed by atoms with Crippen molar-refractivity contribution in [1.29, 1.82) is 0 Å². The zero-order valence-corrected chi connectivity index (χ0v) is 17.3. The Morgan fingerprint density at radius 1 is 1.16 bits per heavy atom. The van der Waals surface area contributed by atoms with E-state index >= 15 is 0 Å². The molecule has 174 valence electrons. The highest BCUT2D eigenvalue weighted by molar-refractivity contribution is 7.46. The summed E-state index contributed by atoms with van der Waals surface area (Å²) in [4.78, 5) is 30.8.